The number of halogens is 1. The van der Waals surface area contributed by atoms with Crippen LogP contribution in [0.25, 0.3) is 10.6 Å². The number of aromatic nitrogens is 3. The van der Waals surface area contributed by atoms with Crippen LogP contribution < -0.4 is 4.90 Å². The van der Waals surface area contributed by atoms with Gasteiger partial charge in [-0.1, -0.05) is 0 Å². The first-order valence-corrected chi connectivity index (χ1v) is 9.49. The number of anilines is 1. The van der Waals surface area contributed by atoms with Gasteiger partial charge in [-0.3, -0.25) is 4.90 Å². The highest BCUT2D eigenvalue weighted by atomic mass is 32.1. The van der Waals surface area contributed by atoms with Gasteiger partial charge < -0.3 is 4.90 Å². The van der Waals surface area contributed by atoms with Crippen molar-refractivity contribution in [1.29, 1.82) is 5.26 Å². The molecule has 0 atom stereocenters. The Balaban J connectivity index is 1.37. The first-order valence-electron chi connectivity index (χ1n) is 8.61. The van der Waals surface area contributed by atoms with Crippen LogP contribution in [0.1, 0.15) is 11.4 Å². The third-order valence-corrected chi connectivity index (χ3v) is 5.43. The van der Waals surface area contributed by atoms with Gasteiger partial charge >= 0.3 is 0 Å². The highest BCUT2D eigenvalue weighted by Crippen LogP contribution is 2.25. The van der Waals surface area contributed by atoms with Crippen molar-refractivity contribution in [2.24, 2.45) is 0 Å². The fourth-order valence-corrected chi connectivity index (χ4v) is 3.91. The number of nitrogens with zero attached hydrogens (tertiary/aromatic N) is 6. The van der Waals surface area contributed by atoms with E-state index < -0.39 is 0 Å². The summed E-state index contributed by atoms with van der Waals surface area (Å²) in [6, 6.07) is 8.53. The van der Waals surface area contributed by atoms with Gasteiger partial charge in [0, 0.05) is 56.1 Å². The van der Waals surface area contributed by atoms with Gasteiger partial charge in [0.1, 0.15) is 16.9 Å². The van der Waals surface area contributed by atoms with Crippen molar-refractivity contribution >= 4 is 17.2 Å². The molecule has 3 aromatic rings. The smallest absolute Gasteiger partial charge is 0.183 e. The van der Waals surface area contributed by atoms with E-state index in [1.807, 2.05) is 0 Å². The van der Waals surface area contributed by atoms with Crippen molar-refractivity contribution in [2.75, 3.05) is 31.1 Å². The molecule has 3 heterocycles. The molecule has 1 aromatic carbocycles. The van der Waals surface area contributed by atoms with E-state index in [0.29, 0.717) is 11.5 Å². The first kappa shape index (κ1) is 17.5. The number of hydrogen-bond acceptors (Lipinski definition) is 7. The molecule has 8 heteroatoms. The maximum absolute atomic E-state index is 13.1. The summed E-state index contributed by atoms with van der Waals surface area (Å²) in [5, 5.41) is 12.2. The Kier molecular flexibility index (Phi) is 5.05. The van der Waals surface area contributed by atoms with Crippen LogP contribution in [-0.2, 0) is 6.54 Å². The highest BCUT2D eigenvalue weighted by Gasteiger charge is 2.21. The van der Waals surface area contributed by atoms with E-state index in [4.69, 9.17) is 0 Å². The van der Waals surface area contributed by atoms with Crippen LogP contribution in [0.2, 0.25) is 0 Å². The molecule has 0 unspecified atom stereocenters. The zero-order valence-electron chi connectivity index (χ0n) is 14.5. The number of piperazine rings is 1. The molecule has 27 heavy (non-hydrogen) atoms. The van der Waals surface area contributed by atoms with Crippen molar-refractivity contribution in [3.8, 4) is 16.6 Å². The SMILES string of the molecule is N#Cc1nccnc1N1CCN(Cc2csc(-c3ccc(F)cc3)n2)CC1. The molecule has 0 N–H and O–H groups in total. The molecule has 1 aliphatic heterocycles. The summed E-state index contributed by atoms with van der Waals surface area (Å²) < 4.78 is 13.1. The van der Waals surface area contributed by atoms with Gasteiger partial charge in [-0.2, -0.15) is 5.26 Å². The normalized spacial score (nSPS) is 14.9. The lowest BCUT2D eigenvalue weighted by Crippen LogP contribution is -2.46. The van der Waals surface area contributed by atoms with Gasteiger partial charge in [0.15, 0.2) is 11.5 Å². The summed E-state index contributed by atoms with van der Waals surface area (Å²) in [6.07, 6.45) is 3.16. The average molecular weight is 380 g/mol. The minimum atomic E-state index is -0.240. The van der Waals surface area contributed by atoms with E-state index in [1.54, 1.807) is 35.9 Å². The van der Waals surface area contributed by atoms with Crippen LogP contribution in [0.4, 0.5) is 10.2 Å². The molecule has 0 amide bonds. The number of hydrogen-bond donors (Lipinski definition) is 0. The molecular formula is C19H17FN6S. The first-order chi connectivity index (χ1) is 13.2. The summed E-state index contributed by atoms with van der Waals surface area (Å²) >= 11 is 1.57. The van der Waals surface area contributed by atoms with E-state index in [9.17, 15) is 9.65 Å². The lowest BCUT2D eigenvalue weighted by molar-refractivity contribution is 0.247. The van der Waals surface area contributed by atoms with Crippen molar-refractivity contribution in [1.82, 2.24) is 19.9 Å². The number of rotatable bonds is 4. The molecule has 2 aromatic heterocycles. The maximum Gasteiger partial charge on any atom is 0.183 e. The highest BCUT2D eigenvalue weighted by molar-refractivity contribution is 7.13. The van der Waals surface area contributed by atoms with Gasteiger partial charge in [0.2, 0.25) is 0 Å². The minimum absolute atomic E-state index is 0.240. The van der Waals surface area contributed by atoms with Gasteiger partial charge in [-0.05, 0) is 24.3 Å². The van der Waals surface area contributed by atoms with E-state index >= 15 is 0 Å². The van der Waals surface area contributed by atoms with Crippen LogP contribution in [0.5, 0.6) is 0 Å². The molecule has 0 spiro atoms. The van der Waals surface area contributed by atoms with Gasteiger partial charge in [-0.25, -0.2) is 19.3 Å². The molecule has 0 radical (unpaired) electrons. The van der Waals surface area contributed by atoms with Gasteiger partial charge in [-0.15, -0.1) is 11.3 Å². The maximum atomic E-state index is 13.1. The number of benzene rings is 1. The Morgan fingerprint density at radius 2 is 1.81 bits per heavy atom. The van der Waals surface area contributed by atoms with Crippen LogP contribution in [0, 0.1) is 17.1 Å². The van der Waals surface area contributed by atoms with Gasteiger partial charge in [0.05, 0.1) is 5.69 Å². The zero-order chi connectivity index (χ0) is 18.6. The Hall–Kier alpha value is -2.89. The second-order valence-corrected chi connectivity index (χ2v) is 7.11. The third-order valence-electron chi connectivity index (χ3n) is 4.49. The topological polar surface area (TPSA) is 68.9 Å². The minimum Gasteiger partial charge on any atom is -0.352 e. The molecule has 4 rings (SSSR count). The third kappa shape index (κ3) is 3.94. The Morgan fingerprint density at radius 3 is 2.56 bits per heavy atom. The Morgan fingerprint density at radius 1 is 1.07 bits per heavy atom. The van der Waals surface area contributed by atoms with Crippen molar-refractivity contribution in [2.45, 2.75) is 6.54 Å². The summed E-state index contributed by atoms with van der Waals surface area (Å²) in [5.74, 6) is 0.419. The molecule has 0 bridgehead atoms. The number of thiazole rings is 1. The second kappa shape index (κ2) is 7.78. The summed E-state index contributed by atoms with van der Waals surface area (Å²) in [5.41, 5.74) is 2.32. The Bertz CT molecular complexity index is 957. The second-order valence-electron chi connectivity index (χ2n) is 6.25. The molecule has 1 fully saturated rings. The molecule has 6 nitrogen and oxygen atoms in total. The lowest BCUT2D eigenvalue weighted by atomic mass is 10.2. The molecule has 1 saturated heterocycles. The summed E-state index contributed by atoms with van der Waals surface area (Å²) in [4.78, 5) is 17.5. The number of nitriles is 1. The van der Waals surface area contributed by atoms with Crippen molar-refractivity contribution in [3.05, 3.63) is 59.2 Å². The molecule has 136 valence electrons. The summed E-state index contributed by atoms with van der Waals surface area (Å²) in [7, 11) is 0. The molecule has 0 aliphatic carbocycles. The largest absolute Gasteiger partial charge is 0.352 e. The summed E-state index contributed by atoms with van der Waals surface area (Å²) in [6.45, 7) is 4.09. The standard InChI is InChI=1S/C19H17FN6S/c20-15-3-1-14(2-4-15)19-24-16(13-27-19)12-25-7-9-26(10-8-25)18-17(11-21)22-5-6-23-18/h1-6,13H,7-10,12H2. The van der Waals surface area contributed by atoms with Gasteiger partial charge in [0.25, 0.3) is 0 Å². The van der Waals surface area contributed by atoms with E-state index in [2.05, 4.69) is 36.2 Å². The quantitative estimate of drug-likeness (QED) is 0.693. The van der Waals surface area contributed by atoms with E-state index in [0.717, 1.165) is 49.0 Å². The molecule has 0 saturated carbocycles. The van der Waals surface area contributed by atoms with E-state index in [-0.39, 0.29) is 5.82 Å². The predicted octanol–water partition coefficient (Wildman–Crippen LogP) is 2.93. The molecule has 1 aliphatic rings. The van der Waals surface area contributed by atoms with Crippen LogP contribution >= 0.6 is 11.3 Å². The zero-order valence-corrected chi connectivity index (χ0v) is 15.4. The van der Waals surface area contributed by atoms with Crippen LogP contribution in [0.15, 0.2) is 42.0 Å². The monoisotopic (exact) mass is 380 g/mol. The Labute approximate surface area is 160 Å². The lowest BCUT2D eigenvalue weighted by Gasteiger charge is -2.35. The predicted molar refractivity (Wildman–Crippen MR) is 102 cm³/mol. The average Bonchev–Trinajstić information content (AvgIpc) is 3.17. The fourth-order valence-electron chi connectivity index (χ4n) is 3.09. The fraction of sp³-hybridized carbons (Fsp3) is 0.263. The van der Waals surface area contributed by atoms with Crippen molar-refractivity contribution in [3.63, 3.8) is 0 Å². The van der Waals surface area contributed by atoms with Crippen LogP contribution in [0.3, 0.4) is 0 Å². The molecular weight excluding hydrogens is 363 g/mol. The van der Waals surface area contributed by atoms with Crippen molar-refractivity contribution < 1.29 is 4.39 Å². The van der Waals surface area contributed by atoms with E-state index in [1.165, 1.54) is 12.1 Å². The van der Waals surface area contributed by atoms with Crippen LogP contribution in [-0.4, -0.2) is 46.0 Å².